The van der Waals surface area contributed by atoms with Crippen molar-refractivity contribution in [2.24, 2.45) is 0 Å². The Bertz CT molecular complexity index is 552. The molecule has 1 N–H and O–H groups in total. The van der Waals surface area contributed by atoms with Gasteiger partial charge in [0.15, 0.2) is 5.25 Å². The van der Waals surface area contributed by atoms with Gasteiger partial charge in [0.1, 0.15) is 0 Å². The first-order chi connectivity index (χ1) is 14.3. The predicted molar refractivity (Wildman–Crippen MR) is 115 cm³/mol. The number of unbranched alkanes of at least 4 members (excludes halogenated alkanes) is 15. The fraction of sp³-hybridized carbons (Fsp3) is 0.909. The molecule has 0 spiro atoms. The van der Waals surface area contributed by atoms with Crippen LogP contribution in [-0.4, -0.2) is 36.8 Å². The molecule has 0 aliphatic heterocycles. The number of rotatable bonds is 21. The van der Waals surface area contributed by atoms with Crippen LogP contribution in [0.3, 0.4) is 0 Å². The van der Waals surface area contributed by atoms with Crippen LogP contribution in [0.1, 0.15) is 116 Å². The number of carboxylic acids is 1. The topological polar surface area (TPSA) is 121 Å². The number of carbonyl (C=O) groups is 2. The van der Waals surface area contributed by atoms with Crippen molar-refractivity contribution < 1.29 is 83.8 Å². The molecule has 178 valence electrons. The Labute approximate surface area is 231 Å². The van der Waals surface area contributed by atoms with Crippen LogP contribution in [0.25, 0.3) is 0 Å². The Hall–Kier alpha value is 0.486. The standard InChI is InChI=1S/C22H42O7S.K/c1-2-3-4-5-6-7-8-9-10-11-12-13-14-15-16-17-18-29-22(25)20(19-21(23)24)30(26,27)28;/h20H,2-19H2,1H3,(H,23,24)(H,26,27,28);/q;+1/p-1. The Morgan fingerprint density at radius 2 is 1.13 bits per heavy atom. The molecule has 0 aliphatic rings. The fourth-order valence-electron chi connectivity index (χ4n) is 3.38. The van der Waals surface area contributed by atoms with Crippen LogP contribution in [0.2, 0.25) is 0 Å². The number of aliphatic carboxylic acids is 1. The maximum atomic E-state index is 11.6. The van der Waals surface area contributed by atoms with E-state index < -0.39 is 33.7 Å². The van der Waals surface area contributed by atoms with E-state index >= 15 is 0 Å². The zero-order chi connectivity index (χ0) is 22.7. The van der Waals surface area contributed by atoms with Crippen molar-refractivity contribution in [2.75, 3.05) is 6.61 Å². The molecule has 0 aliphatic carbocycles. The van der Waals surface area contributed by atoms with E-state index in [1.165, 1.54) is 77.0 Å². The van der Waals surface area contributed by atoms with E-state index in [2.05, 4.69) is 6.92 Å². The van der Waals surface area contributed by atoms with Gasteiger partial charge in [-0.05, 0) is 6.42 Å². The molecule has 1 unspecified atom stereocenters. The predicted octanol–water partition coefficient (Wildman–Crippen LogP) is 1.19. The molecule has 0 bridgehead atoms. The van der Waals surface area contributed by atoms with Crippen molar-refractivity contribution in [3.8, 4) is 0 Å². The summed E-state index contributed by atoms with van der Waals surface area (Å²) >= 11 is 0. The van der Waals surface area contributed by atoms with Crippen LogP contribution in [0.5, 0.6) is 0 Å². The second-order valence-corrected chi connectivity index (χ2v) is 9.65. The Morgan fingerprint density at radius 1 is 0.774 bits per heavy atom. The minimum Gasteiger partial charge on any atom is -0.550 e. The van der Waals surface area contributed by atoms with Crippen molar-refractivity contribution in [2.45, 2.75) is 121 Å². The Morgan fingerprint density at radius 3 is 1.45 bits per heavy atom. The van der Waals surface area contributed by atoms with Gasteiger partial charge in [0.25, 0.3) is 10.1 Å². The molecule has 0 amide bonds. The SMILES string of the molecule is CCCCCCCCCCCCCCCCCCOC(=O)C(CC(=O)[O-])S(=O)(=O)O.[K+]. The summed E-state index contributed by atoms with van der Waals surface area (Å²) in [5.74, 6) is -2.99. The van der Waals surface area contributed by atoms with Gasteiger partial charge >= 0.3 is 57.4 Å². The largest absolute Gasteiger partial charge is 1.00 e. The second-order valence-electron chi connectivity index (χ2n) is 8.05. The molecular formula is C22H41KO7S. The van der Waals surface area contributed by atoms with Gasteiger partial charge in [0, 0.05) is 12.4 Å². The summed E-state index contributed by atoms with van der Waals surface area (Å²) in [6.07, 6.45) is 18.3. The number of hydrogen-bond donors (Lipinski definition) is 1. The zero-order valence-corrected chi connectivity index (χ0v) is 23.5. The molecule has 9 heteroatoms. The fourth-order valence-corrected chi connectivity index (χ4v) is 4.04. The minimum absolute atomic E-state index is 0. The van der Waals surface area contributed by atoms with Gasteiger partial charge in [-0.25, -0.2) is 0 Å². The average Bonchev–Trinajstić information content (AvgIpc) is 2.67. The molecule has 1 atom stereocenters. The van der Waals surface area contributed by atoms with Gasteiger partial charge in [-0.1, -0.05) is 103 Å². The van der Waals surface area contributed by atoms with E-state index in [0.29, 0.717) is 6.42 Å². The number of ether oxygens (including phenoxy) is 1. The quantitative estimate of drug-likeness (QED) is 0.111. The number of esters is 1. The normalized spacial score (nSPS) is 12.2. The maximum Gasteiger partial charge on any atom is 1.00 e. The summed E-state index contributed by atoms with van der Waals surface area (Å²) in [7, 11) is -4.83. The van der Waals surface area contributed by atoms with Gasteiger partial charge < -0.3 is 14.6 Å². The third-order valence-electron chi connectivity index (χ3n) is 5.22. The molecule has 0 aromatic carbocycles. The van der Waals surface area contributed by atoms with Crippen molar-refractivity contribution in [1.29, 1.82) is 0 Å². The first kappa shape index (κ1) is 33.7. The molecule has 7 nitrogen and oxygen atoms in total. The molecule has 0 aromatic heterocycles. The zero-order valence-electron chi connectivity index (χ0n) is 19.6. The Kier molecular flexibility index (Phi) is 24.2. The van der Waals surface area contributed by atoms with Gasteiger partial charge in [-0.3, -0.25) is 9.35 Å². The third kappa shape index (κ3) is 22.1. The van der Waals surface area contributed by atoms with Crippen LogP contribution in [-0.2, 0) is 24.4 Å². The summed E-state index contributed by atoms with van der Waals surface area (Å²) in [6, 6.07) is 0. The first-order valence-electron chi connectivity index (χ1n) is 11.6. The van der Waals surface area contributed by atoms with E-state index in [1.54, 1.807) is 0 Å². The molecule has 0 heterocycles. The molecular weight excluding hydrogens is 447 g/mol. The smallest absolute Gasteiger partial charge is 0.550 e. The summed E-state index contributed by atoms with van der Waals surface area (Å²) in [5, 5.41) is 8.38. The molecule has 0 radical (unpaired) electrons. The van der Waals surface area contributed by atoms with Crippen LogP contribution >= 0.6 is 0 Å². The maximum absolute atomic E-state index is 11.6. The molecule has 0 saturated heterocycles. The van der Waals surface area contributed by atoms with Crippen molar-refractivity contribution in [3.05, 3.63) is 0 Å². The Balaban J connectivity index is 0. The van der Waals surface area contributed by atoms with Gasteiger partial charge in [-0.15, -0.1) is 0 Å². The number of carbonyl (C=O) groups excluding carboxylic acids is 2. The van der Waals surface area contributed by atoms with E-state index in [-0.39, 0.29) is 58.0 Å². The van der Waals surface area contributed by atoms with Crippen molar-refractivity contribution in [3.63, 3.8) is 0 Å². The molecule has 31 heavy (non-hydrogen) atoms. The molecule has 0 saturated carbocycles. The molecule has 0 aromatic rings. The summed E-state index contributed by atoms with van der Waals surface area (Å²) in [4.78, 5) is 22.1. The van der Waals surface area contributed by atoms with Crippen molar-refractivity contribution >= 4 is 22.1 Å². The monoisotopic (exact) mass is 488 g/mol. The van der Waals surface area contributed by atoms with Gasteiger partial charge in [0.05, 0.1) is 6.61 Å². The van der Waals surface area contributed by atoms with E-state index in [9.17, 15) is 23.1 Å². The summed E-state index contributed by atoms with van der Waals surface area (Å²) in [6.45, 7) is 2.25. The van der Waals surface area contributed by atoms with E-state index in [0.717, 1.165) is 19.3 Å². The number of hydrogen-bond acceptors (Lipinski definition) is 6. The van der Waals surface area contributed by atoms with E-state index in [4.69, 9.17) is 9.29 Å². The van der Waals surface area contributed by atoms with Gasteiger partial charge in [0.2, 0.25) is 0 Å². The van der Waals surface area contributed by atoms with Crippen LogP contribution in [0.15, 0.2) is 0 Å². The summed E-state index contributed by atoms with van der Waals surface area (Å²) < 4.78 is 35.8. The molecule has 0 rings (SSSR count). The average molecular weight is 489 g/mol. The van der Waals surface area contributed by atoms with Crippen LogP contribution in [0, 0.1) is 0 Å². The number of carboxylic acid groups (broad SMARTS) is 1. The summed E-state index contributed by atoms with van der Waals surface area (Å²) in [5.41, 5.74) is 0. The second kappa shape index (κ2) is 22.3. The van der Waals surface area contributed by atoms with Crippen molar-refractivity contribution in [1.82, 2.24) is 0 Å². The third-order valence-corrected chi connectivity index (χ3v) is 6.29. The molecule has 0 fully saturated rings. The van der Waals surface area contributed by atoms with E-state index in [1.807, 2.05) is 0 Å². The van der Waals surface area contributed by atoms with Gasteiger partial charge in [-0.2, -0.15) is 8.42 Å². The van der Waals surface area contributed by atoms with Crippen LogP contribution < -0.4 is 56.5 Å². The van der Waals surface area contributed by atoms with Crippen LogP contribution in [0.4, 0.5) is 0 Å². The first-order valence-corrected chi connectivity index (χ1v) is 13.1. The minimum atomic E-state index is -4.83.